The van der Waals surface area contributed by atoms with Gasteiger partial charge in [0.2, 0.25) is 0 Å². The number of rotatable bonds is 5. The van der Waals surface area contributed by atoms with Gasteiger partial charge in [0.05, 0.1) is 30.5 Å². The Morgan fingerprint density at radius 2 is 1.15 bits per heavy atom. The third-order valence-electron chi connectivity index (χ3n) is 5.33. The Kier molecular flexibility index (Phi) is 12.7. The van der Waals surface area contributed by atoms with E-state index in [4.69, 9.17) is 15.3 Å². The van der Waals surface area contributed by atoms with Gasteiger partial charge in [0.1, 0.15) is 46.5 Å². The Hall–Kier alpha value is -5.79. The summed E-state index contributed by atoms with van der Waals surface area (Å²) < 4.78 is 40.8. The number of carboxylic acid groups (broad SMARTS) is 3. The molecule has 0 aliphatic carbocycles. The monoisotopic (exact) mass is 748 g/mol. The number of aliphatic imine (C=N–C) groups is 2. The summed E-state index contributed by atoms with van der Waals surface area (Å²) in [5, 5.41) is 40.8. The summed E-state index contributed by atoms with van der Waals surface area (Å²) in [4.78, 5) is 40.6. The molecule has 3 aromatic carbocycles. The van der Waals surface area contributed by atoms with Gasteiger partial charge in [-0.25, -0.2) is 32.2 Å². The van der Waals surface area contributed by atoms with Gasteiger partial charge in [-0.05, 0) is 59.0 Å². The maximum absolute atomic E-state index is 13.3. The molecule has 236 valence electrons. The van der Waals surface area contributed by atoms with Crippen molar-refractivity contribution in [3.8, 4) is 11.4 Å². The van der Waals surface area contributed by atoms with Gasteiger partial charge < -0.3 is 15.3 Å². The molecule has 14 nitrogen and oxygen atoms in total. The number of carboxylic acids is 3. The van der Waals surface area contributed by atoms with E-state index in [0.717, 1.165) is 23.0 Å². The Morgan fingerprint density at radius 1 is 0.674 bits per heavy atom. The van der Waals surface area contributed by atoms with Gasteiger partial charge in [0, 0.05) is 16.0 Å². The van der Waals surface area contributed by atoms with Crippen molar-refractivity contribution >= 4 is 52.9 Å². The van der Waals surface area contributed by atoms with Crippen LogP contribution in [0.15, 0.2) is 89.4 Å². The van der Waals surface area contributed by atoms with E-state index in [1.54, 1.807) is 41.1 Å². The maximum Gasteiger partial charge on any atom is 0.340 e. The fraction of sp³-hybridized carbons (Fsp3) is 0.0357. The number of hydrogen-bond acceptors (Lipinski definition) is 9. The highest BCUT2D eigenvalue weighted by atomic mass is 127. The molecular formula is C28H20F3IN8O6. The number of carbonyl (C=O) groups is 3. The highest BCUT2D eigenvalue weighted by Crippen LogP contribution is 2.18. The van der Waals surface area contributed by atoms with Crippen LogP contribution in [0.5, 0.6) is 0 Å². The van der Waals surface area contributed by atoms with Crippen molar-refractivity contribution in [2.24, 2.45) is 9.98 Å². The topological polar surface area (TPSA) is 198 Å². The molecule has 0 bridgehead atoms. The van der Waals surface area contributed by atoms with Crippen LogP contribution in [0.1, 0.15) is 31.1 Å². The molecule has 0 saturated heterocycles. The summed E-state index contributed by atoms with van der Waals surface area (Å²) in [5.41, 5.74) is -0.850. The van der Waals surface area contributed by atoms with E-state index in [2.05, 4.69) is 30.5 Å². The van der Waals surface area contributed by atoms with Crippen LogP contribution in [0.4, 0.5) is 13.2 Å². The standard InChI is InChI=1S/2C9H6FN3O2.C7H4FIO2.C3H4N2/c10-6-2-1-3-7(8(6)9(14)15)13-5-4-11-12-13;10-6-2-1-3-7(8(6)9(14)15)13-11-4-5-12-13;8-4-2-1-3-5(9)6(4)7(10)11;1-2-5-3-4-1/h2*1-5H,(H,14,15);1-3H,(H,10,11);1-2H,3H2. The van der Waals surface area contributed by atoms with Crippen LogP contribution in [-0.2, 0) is 0 Å². The second-order valence-electron chi connectivity index (χ2n) is 8.25. The van der Waals surface area contributed by atoms with Gasteiger partial charge >= 0.3 is 17.9 Å². The molecule has 5 aromatic rings. The van der Waals surface area contributed by atoms with Crippen LogP contribution in [-0.4, -0.2) is 82.3 Å². The average molecular weight is 748 g/mol. The molecule has 46 heavy (non-hydrogen) atoms. The van der Waals surface area contributed by atoms with Crippen molar-refractivity contribution in [3.63, 3.8) is 0 Å². The molecule has 0 fully saturated rings. The SMILES string of the molecule is C1=NCN=C1.O=C(O)c1c(F)cccc1-n1ccnn1.O=C(O)c1c(F)cccc1-n1nccn1.O=C(O)c1c(F)cccc1I. The molecule has 0 spiro atoms. The van der Waals surface area contributed by atoms with E-state index in [-0.39, 0.29) is 16.9 Å². The van der Waals surface area contributed by atoms with Crippen molar-refractivity contribution in [2.75, 3.05) is 6.67 Å². The Balaban J connectivity index is 0.000000176. The van der Waals surface area contributed by atoms with Crippen molar-refractivity contribution < 1.29 is 42.9 Å². The lowest BCUT2D eigenvalue weighted by Crippen LogP contribution is -2.10. The number of benzene rings is 3. The lowest BCUT2D eigenvalue weighted by atomic mass is 10.1. The van der Waals surface area contributed by atoms with Crippen LogP contribution in [0, 0.1) is 21.0 Å². The molecule has 1 aliphatic rings. The summed E-state index contributed by atoms with van der Waals surface area (Å²) in [6.07, 6.45) is 8.99. The van der Waals surface area contributed by atoms with Gasteiger partial charge in [-0.15, -0.1) is 5.10 Å². The highest BCUT2D eigenvalue weighted by Gasteiger charge is 2.18. The van der Waals surface area contributed by atoms with E-state index in [0.29, 0.717) is 10.2 Å². The van der Waals surface area contributed by atoms with Gasteiger partial charge in [0.25, 0.3) is 0 Å². The zero-order valence-corrected chi connectivity index (χ0v) is 25.2. The van der Waals surface area contributed by atoms with Crippen LogP contribution >= 0.6 is 22.6 Å². The van der Waals surface area contributed by atoms with Crippen LogP contribution in [0.3, 0.4) is 0 Å². The first-order valence-corrected chi connectivity index (χ1v) is 13.5. The van der Waals surface area contributed by atoms with E-state index in [1.807, 2.05) is 0 Å². The molecule has 3 heterocycles. The predicted octanol–water partition coefficient (Wildman–Crippen LogP) is 4.44. The molecular weight excluding hydrogens is 728 g/mol. The minimum Gasteiger partial charge on any atom is -0.478 e. The number of hydrogen-bond donors (Lipinski definition) is 3. The second kappa shape index (κ2) is 16.9. The van der Waals surface area contributed by atoms with Gasteiger partial charge in [0.15, 0.2) is 0 Å². The molecule has 0 unspecified atom stereocenters. The zero-order valence-electron chi connectivity index (χ0n) is 23.0. The molecule has 0 saturated carbocycles. The number of halogens is 4. The van der Waals surface area contributed by atoms with E-state index >= 15 is 0 Å². The molecule has 3 N–H and O–H groups in total. The first kappa shape index (κ1) is 34.7. The van der Waals surface area contributed by atoms with Crippen LogP contribution < -0.4 is 0 Å². The summed E-state index contributed by atoms with van der Waals surface area (Å²) in [6.45, 7) is 0.639. The van der Waals surface area contributed by atoms with Crippen molar-refractivity contribution in [1.82, 2.24) is 30.0 Å². The molecule has 6 rings (SSSR count). The largest absolute Gasteiger partial charge is 0.478 e. The van der Waals surface area contributed by atoms with Crippen molar-refractivity contribution in [2.45, 2.75) is 0 Å². The fourth-order valence-electron chi connectivity index (χ4n) is 3.42. The summed E-state index contributed by atoms with van der Waals surface area (Å²) >= 11 is 1.78. The molecule has 0 atom stereocenters. The average Bonchev–Trinajstić information content (AvgIpc) is 3.83. The zero-order chi connectivity index (χ0) is 33.6. The Morgan fingerprint density at radius 3 is 1.57 bits per heavy atom. The first-order valence-electron chi connectivity index (χ1n) is 12.5. The highest BCUT2D eigenvalue weighted by molar-refractivity contribution is 14.1. The third kappa shape index (κ3) is 9.35. The Labute approximate surface area is 270 Å². The number of aromatic carboxylic acids is 3. The maximum atomic E-state index is 13.3. The predicted molar refractivity (Wildman–Crippen MR) is 164 cm³/mol. The fourth-order valence-corrected chi connectivity index (χ4v) is 4.12. The smallest absolute Gasteiger partial charge is 0.340 e. The summed E-state index contributed by atoms with van der Waals surface area (Å²) in [5.74, 6) is -6.20. The lowest BCUT2D eigenvalue weighted by Gasteiger charge is -2.05. The van der Waals surface area contributed by atoms with E-state index in [1.165, 1.54) is 59.8 Å². The molecule has 0 amide bonds. The van der Waals surface area contributed by atoms with Crippen LogP contribution in [0.25, 0.3) is 11.4 Å². The van der Waals surface area contributed by atoms with Crippen LogP contribution in [0.2, 0.25) is 0 Å². The minimum absolute atomic E-state index is 0.104. The number of nitrogens with zero attached hydrogens (tertiary/aromatic N) is 8. The second-order valence-corrected chi connectivity index (χ2v) is 9.41. The summed E-state index contributed by atoms with van der Waals surface area (Å²) in [6, 6.07) is 12.0. The molecule has 2 aromatic heterocycles. The molecule has 1 aliphatic heterocycles. The van der Waals surface area contributed by atoms with Gasteiger partial charge in [-0.1, -0.05) is 23.4 Å². The quantitative estimate of drug-likeness (QED) is 0.216. The van der Waals surface area contributed by atoms with Crippen molar-refractivity contribution in [1.29, 1.82) is 0 Å². The Bertz CT molecular complexity index is 1750. The normalized spacial score (nSPS) is 10.9. The van der Waals surface area contributed by atoms with Gasteiger partial charge in [-0.3, -0.25) is 9.98 Å². The summed E-state index contributed by atoms with van der Waals surface area (Å²) in [7, 11) is 0. The van der Waals surface area contributed by atoms with E-state index < -0.39 is 46.5 Å². The number of aromatic nitrogens is 6. The molecule has 18 heteroatoms. The third-order valence-corrected chi connectivity index (χ3v) is 6.23. The van der Waals surface area contributed by atoms with E-state index in [9.17, 15) is 27.6 Å². The minimum atomic E-state index is -1.35. The molecule has 0 radical (unpaired) electrons. The van der Waals surface area contributed by atoms with Crippen molar-refractivity contribution in [3.05, 3.63) is 117 Å². The van der Waals surface area contributed by atoms with Gasteiger partial charge in [-0.2, -0.15) is 15.0 Å². The lowest BCUT2D eigenvalue weighted by molar-refractivity contribution is 0.0679. The first-order chi connectivity index (χ1) is 22.0.